The Kier molecular flexibility index (Phi) is 4.02. The molecule has 0 fully saturated rings. The molecular weight excluding hydrogens is 320 g/mol. The standard InChI is InChI=1S/C16H15ClN2O2S/c1-9-8-22-16-18-10(2)13(15(20)21-3)14(19(9)16)11-5-4-6-12(17)7-11/h4-8,14H,1-3H3. The number of fused-ring (bicyclic) bond motifs is 1. The monoisotopic (exact) mass is 334 g/mol. The zero-order valence-corrected chi connectivity index (χ0v) is 14.0. The van der Waals surface area contributed by atoms with E-state index in [2.05, 4.69) is 9.89 Å². The van der Waals surface area contributed by atoms with E-state index in [1.54, 1.807) is 11.8 Å². The lowest BCUT2D eigenvalue weighted by atomic mass is 9.94. The first-order valence-electron chi connectivity index (χ1n) is 6.79. The number of nitrogens with zero attached hydrogens (tertiary/aromatic N) is 2. The van der Waals surface area contributed by atoms with Crippen LogP contribution < -0.4 is 0 Å². The molecule has 114 valence electrons. The van der Waals surface area contributed by atoms with Crippen LogP contribution in [0.3, 0.4) is 0 Å². The molecule has 1 aromatic carbocycles. The molecule has 0 spiro atoms. The molecule has 0 aliphatic carbocycles. The van der Waals surface area contributed by atoms with E-state index >= 15 is 0 Å². The fraction of sp³-hybridized carbons (Fsp3) is 0.250. The summed E-state index contributed by atoms with van der Waals surface area (Å²) >= 11 is 7.70. The van der Waals surface area contributed by atoms with Gasteiger partial charge in [0.25, 0.3) is 0 Å². The molecule has 0 N–H and O–H groups in total. The van der Waals surface area contributed by atoms with Crippen LogP contribution in [0.15, 0.2) is 51.6 Å². The lowest BCUT2D eigenvalue weighted by molar-refractivity contribution is -0.136. The van der Waals surface area contributed by atoms with E-state index in [-0.39, 0.29) is 12.0 Å². The molecule has 6 heteroatoms. The molecule has 0 amide bonds. The number of carbonyl (C=O) groups excluding carboxylic acids is 1. The molecule has 2 aliphatic heterocycles. The van der Waals surface area contributed by atoms with E-state index in [1.807, 2.05) is 43.5 Å². The molecule has 2 heterocycles. The molecule has 0 aromatic heterocycles. The summed E-state index contributed by atoms with van der Waals surface area (Å²) in [6.07, 6.45) is 0. The van der Waals surface area contributed by atoms with Crippen molar-refractivity contribution < 1.29 is 9.53 Å². The maximum atomic E-state index is 12.3. The van der Waals surface area contributed by atoms with Gasteiger partial charge < -0.3 is 9.64 Å². The Morgan fingerprint density at radius 2 is 2.18 bits per heavy atom. The van der Waals surface area contributed by atoms with Crippen LogP contribution in [0.25, 0.3) is 0 Å². The Bertz CT molecular complexity index is 739. The summed E-state index contributed by atoms with van der Waals surface area (Å²) in [5.41, 5.74) is 3.21. The highest BCUT2D eigenvalue weighted by Gasteiger charge is 2.39. The van der Waals surface area contributed by atoms with Crippen molar-refractivity contribution in [2.45, 2.75) is 19.9 Å². The van der Waals surface area contributed by atoms with Gasteiger partial charge in [-0.3, -0.25) is 0 Å². The lowest BCUT2D eigenvalue weighted by Gasteiger charge is -2.35. The summed E-state index contributed by atoms with van der Waals surface area (Å²) in [6, 6.07) is 7.27. The number of amidine groups is 1. The van der Waals surface area contributed by atoms with E-state index in [4.69, 9.17) is 16.3 Å². The minimum absolute atomic E-state index is 0.273. The second kappa shape index (κ2) is 5.82. The van der Waals surface area contributed by atoms with Crippen molar-refractivity contribution in [1.82, 2.24) is 4.90 Å². The normalized spacial score (nSPS) is 20.5. The molecular formula is C16H15ClN2O2S. The maximum Gasteiger partial charge on any atom is 0.338 e. The van der Waals surface area contributed by atoms with Crippen molar-refractivity contribution in [2.75, 3.05) is 7.11 Å². The third-order valence-electron chi connectivity index (χ3n) is 3.68. The van der Waals surface area contributed by atoms with Gasteiger partial charge in [0.2, 0.25) is 0 Å². The fourth-order valence-corrected chi connectivity index (χ4v) is 3.83. The van der Waals surface area contributed by atoms with Crippen molar-refractivity contribution in [3.05, 3.63) is 57.2 Å². The third kappa shape index (κ3) is 2.44. The minimum Gasteiger partial charge on any atom is -0.466 e. The van der Waals surface area contributed by atoms with E-state index in [1.165, 1.54) is 7.11 Å². The quantitative estimate of drug-likeness (QED) is 0.763. The Morgan fingerprint density at radius 3 is 2.86 bits per heavy atom. The summed E-state index contributed by atoms with van der Waals surface area (Å²) in [4.78, 5) is 18.9. The van der Waals surface area contributed by atoms with Crippen molar-refractivity contribution in [3.8, 4) is 0 Å². The van der Waals surface area contributed by atoms with Crippen LogP contribution >= 0.6 is 23.4 Å². The Hall–Kier alpha value is -1.72. The molecule has 0 radical (unpaired) electrons. The molecule has 0 bridgehead atoms. The fourth-order valence-electron chi connectivity index (χ4n) is 2.69. The number of benzene rings is 1. The van der Waals surface area contributed by atoms with Crippen LogP contribution in [0.2, 0.25) is 5.02 Å². The van der Waals surface area contributed by atoms with Crippen LogP contribution in [-0.4, -0.2) is 23.1 Å². The van der Waals surface area contributed by atoms with Gasteiger partial charge in [0.15, 0.2) is 5.17 Å². The Labute approximate surface area is 138 Å². The number of aliphatic imine (C=N–C) groups is 1. The number of esters is 1. The maximum absolute atomic E-state index is 12.3. The number of hydrogen-bond donors (Lipinski definition) is 0. The SMILES string of the molecule is COC(=O)C1=C(C)N=C2SC=C(C)N2C1c1cccc(Cl)c1. The molecule has 4 nitrogen and oxygen atoms in total. The largest absolute Gasteiger partial charge is 0.466 e. The van der Waals surface area contributed by atoms with Gasteiger partial charge >= 0.3 is 5.97 Å². The topological polar surface area (TPSA) is 41.9 Å². The second-order valence-corrected chi connectivity index (χ2v) is 6.36. The number of ether oxygens (including phenoxy) is 1. The highest BCUT2D eigenvalue weighted by molar-refractivity contribution is 8.16. The van der Waals surface area contributed by atoms with Crippen molar-refractivity contribution >= 4 is 34.5 Å². The van der Waals surface area contributed by atoms with Crippen LogP contribution in [0.5, 0.6) is 0 Å². The molecule has 3 rings (SSSR count). The van der Waals surface area contributed by atoms with E-state index in [0.29, 0.717) is 16.3 Å². The molecule has 1 aromatic rings. The Balaban J connectivity index is 2.19. The van der Waals surface area contributed by atoms with Gasteiger partial charge in [-0.15, -0.1) is 0 Å². The van der Waals surface area contributed by atoms with Crippen molar-refractivity contribution in [1.29, 1.82) is 0 Å². The number of methoxy groups -OCH3 is 1. The number of thioether (sulfide) groups is 1. The predicted octanol–water partition coefficient (Wildman–Crippen LogP) is 4.11. The summed E-state index contributed by atoms with van der Waals surface area (Å²) in [5.74, 6) is -0.366. The molecule has 1 atom stereocenters. The minimum atomic E-state index is -0.366. The molecule has 1 unspecified atom stereocenters. The Morgan fingerprint density at radius 1 is 1.41 bits per heavy atom. The van der Waals surface area contributed by atoms with Gasteiger partial charge in [0.1, 0.15) is 0 Å². The van der Waals surface area contributed by atoms with Gasteiger partial charge in [0, 0.05) is 10.7 Å². The smallest absolute Gasteiger partial charge is 0.338 e. The number of hydrogen-bond acceptors (Lipinski definition) is 5. The predicted molar refractivity (Wildman–Crippen MR) is 89.5 cm³/mol. The third-order valence-corrected chi connectivity index (χ3v) is 4.87. The summed E-state index contributed by atoms with van der Waals surface area (Å²) in [6.45, 7) is 3.84. The molecule has 0 saturated carbocycles. The van der Waals surface area contributed by atoms with Crippen LogP contribution in [0.4, 0.5) is 0 Å². The van der Waals surface area contributed by atoms with Crippen molar-refractivity contribution in [3.63, 3.8) is 0 Å². The number of allylic oxidation sites excluding steroid dienone is 2. The van der Waals surface area contributed by atoms with Gasteiger partial charge in [-0.05, 0) is 37.0 Å². The van der Waals surface area contributed by atoms with Gasteiger partial charge in [-0.25, -0.2) is 9.79 Å². The average molecular weight is 335 g/mol. The van der Waals surface area contributed by atoms with E-state index in [0.717, 1.165) is 16.4 Å². The summed E-state index contributed by atoms with van der Waals surface area (Å²) < 4.78 is 4.97. The number of halogens is 1. The van der Waals surface area contributed by atoms with Crippen LogP contribution in [-0.2, 0) is 9.53 Å². The highest BCUT2D eigenvalue weighted by atomic mass is 35.5. The van der Waals surface area contributed by atoms with E-state index < -0.39 is 0 Å². The first-order valence-corrected chi connectivity index (χ1v) is 8.04. The van der Waals surface area contributed by atoms with Gasteiger partial charge in [-0.2, -0.15) is 0 Å². The average Bonchev–Trinajstić information content (AvgIpc) is 2.86. The first-order chi connectivity index (χ1) is 10.5. The zero-order chi connectivity index (χ0) is 15.9. The zero-order valence-electron chi connectivity index (χ0n) is 12.5. The number of carbonyl (C=O) groups is 1. The lowest BCUT2D eigenvalue weighted by Crippen LogP contribution is -2.35. The van der Waals surface area contributed by atoms with E-state index in [9.17, 15) is 4.79 Å². The molecule has 22 heavy (non-hydrogen) atoms. The summed E-state index contributed by atoms with van der Waals surface area (Å²) in [5, 5.41) is 3.54. The van der Waals surface area contributed by atoms with Gasteiger partial charge in [0.05, 0.1) is 24.4 Å². The number of rotatable bonds is 2. The first kappa shape index (κ1) is 15.2. The second-order valence-electron chi connectivity index (χ2n) is 5.09. The van der Waals surface area contributed by atoms with Crippen LogP contribution in [0, 0.1) is 0 Å². The van der Waals surface area contributed by atoms with Gasteiger partial charge in [-0.1, -0.05) is 35.5 Å². The van der Waals surface area contributed by atoms with Crippen molar-refractivity contribution in [2.24, 2.45) is 4.99 Å². The highest BCUT2D eigenvalue weighted by Crippen LogP contribution is 2.43. The molecule has 0 saturated heterocycles. The molecule has 2 aliphatic rings. The summed E-state index contributed by atoms with van der Waals surface area (Å²) in [7, 11) is 1.39. The van der Waals surface area contributed by atoms with Crippen LogP contribution in [0.1, 0.15) is 25.5 Å².